The molecule has 0 aromatic heterocycles. The highest BCUT2D eigenvalue weighted by Crippen LogP contribution is 2.21. The van der Waals surface area contributed by atoms with E-state index >= 15 is 0 Å². The Morgan fingerprint density at radius 2 is 1.82 bits per heavy atom. The average Bonchev–Trinajstić information content (AvgIpc) is 2.65. The largest absolute Gasteiger partial charge is 0.326 e. The third-order valence-electron chi connectivity index (χ3n) is 4.71. The van der Waals surface area contributed by atoms with Gasteiger partial charge in [0.1, 0.15) is 0 Å². The van der Waals surface area contributed by atoms with E-state index in [0.29, 0.717) is 0 Å². The molecule has 0 aliphatic carbocycles. The number of thioether (sulfide) groups is 1. The number of nitrogens with two attached hydrogens (primary N) is 1. The van der Waals surface area contributed by atoms with E-state index in [0.717, 1.165) is 36.4 Å². The van der Waals surface area contributed by atoms with Crippen LogP contribution < -0.4 is 11.1 Å². The van der Waals surface area contributed by atoms with Crippen molar-refractivity contribution in [3.8, 4) is 0 Å². The Kier molecular flexibility index (Phi) is 10.9. The zero-order valence-corrected chi connectivity index (χ0v) is 18.5. The molecule has 0 spiro atoms. The number of rotatable bonds is 6. The zero-order chi connectivity index (χ0) is 18.4. The number of hydrogen-bond donors (Lipinski definition) is 2. The Balaban J connectivity index is 0.00000196. The minimum atomic E-state index is -0.284. The Morgan fingerprint density at radius 1 is 1.14 bits per heavy atom. The summed E-state index contributed by atoms with van der Waals surface area (Å²) < 4.78 is 0. The van der Waals surface area contributed by atoms with Gasteiger partial charge < -0.3 is 11.1 Å². The monoisotopic (exact) mass is 441 g/mol. The molecule has 1 fully saturated rings. The van der Waals surface area contributed by atoms with E-state index < -0.39 is 0 Å². The summed E-state index contributed by atoms with van der Waals surface area (Å²) in [6.45, 7) is 5.33. The van der Waals surface area contributed by atoms with E-state index in [1.165, 1.54) is 17.1 Å². The van der Waals surface area contributed by atoms with Gasteiger partial charge in [0, 0.05) is 49.3 Å². The molecule has 0 radical (unpaired) electrons. The third-order valence-corrected chi connectivity index (χ3v) is 5.65. The van der Waals surface area contributed by atoms with Crippen molar-refractivity contribution < 1.29 is 4.79 Å². The fourth-order valence-corrected chi connectivity index (χ4v) is 4.18. The first-order valence-electron chi connectivity index (χ1n) is 9.12. The first kappa shape index (κ1) is 24.8. The molecule has 1 amide bonds. The van der Waals surface area contributed by atoms with E-state index in [-0.39, 0.29) is 43.2 Å². The van der Waals surface area contributed by atoms with Crippen LogP contribution in [0.2, 0.25) is 0 Å². The van der Waals surface area contributed by atoms with E-state index in [4.69, 9.17) is 5.73 Å². The maximum atomic E-state index is 12.3. The topological polar surface area (TPSA) is 58.4 Å². The van der Waals surface area contributed by atoms with Crippen LogP contribution in [-0.4, -0.2) is 35.4 Å². The van der Waals surface area contributed by atoms with E-state index in [2.05, 4.69) is 22.3 Å². The molecule has 1 saturated heterocycles. The molecular weight excluding hydrogens is 413 g/mol. The lowest BCUT2D eigenvalue weighted by Gasteiger charge is -2.26. The number of nitrogens with one attached hydrogen (secondary N) is 1. The van der Waals surface area contributed by atoms with Crippen LogP contribution in [0.5, 0.6) is 0 Å². The number of anilines is 1. The van der Waals surface area contributed by atoms with Crippen LogP contribution in [0, 0.1) is 6.92 Å². The molecule has 154 valence electrons. The summed E-state index contributed by atoms with van der Waals surface area (Å²) in [5.41, 5.74) is 10.4. The zero-order valence-electron chi connectivity index (χ0n) is 16.1. The van der Waals surface area contributed by atoms with Crippen LogP contribution in [0.1, 0.15) is 29.2 Å². The van der Waals surface area contributed by atoms with Crippen molar-refractivity contribution in [2.24, 2.45) is 5.73 Å². The molecule has 4 nitrogen and oxygen atoms in total. The quantitative estimate of drug-likeness (QED) is 0.696. The summed E-state index contributed by atoms with van der Waals surface area (Å²) in [7, 11) is 0. The second-order valence-corrected chi connectivity index (χ2v) is 8.03. The summed E-state index contributed by atoms with van der Waals surface area (Å²) in [6.07, 6.45) is 0.274. The van der Waals surface area contributed by atoms with E-state index in [1.807, 2.05) is 55.1 Å². The number of carbonyl (C=O) groups excluding carboxylic acids is 1. The Bertz CT molecular complexity index is 740. The maximum absolute atomic E-state index is 12.3. The first-order chi connectivity index (χ1) is 12.6. The smallest absolute Gasteiger partial charge is 0.226 e. The number of carbonyl (C=O) groups is 1. The maximum Gasteiger partial charge on any atom is 0.226 e. The minimum Gasteiger partial charge on any atom is -0.326 e. The van der Waals surface area contributed by atoms with Crippen molar-refractivity contribution in [2.45, 2.75) is 25.9 Å². The van der Waals surface area contributed by atoms with Crippen LogP contribution in [0.3, 0.4) is 0 Å². The molecule has 7 heteroatoms. The summed E-state index contributed by atoms with van der Waals surface area (Å²) in [6, 6.07) is 15.8. The van der Waals surface area contributed by atoms with Gasteiger partial charge in [0.15, 0.2) is 0 Å². The molecule has 0 bridgehead atoms. The van der Waals surface area contributed by atoms with Gasteiger partial charge in [0.05, 0.1) is 0 Å². The van der Waals surface area contributed by atoms with E-state index in [1.54, 1.807) is 0 Å². The third kappa shape index (κ3) is 7.30. The number of nitrogens with zero attached hydrogens (tertiary/aromatic N) is 1. The van der Waals surface area contributed by atoms with Crippen molar-refractivity contribution >= 4 is 48.2 Å². The van der Waals surface area contributed by atoms with Gasteiger partial charge >= 0.3 is 0 Å². The van der Waals surface area contributed by atoms with Crippen molar-refractivity contribution in [1.29, 1.82) is 0 Å². The van der Waals surface area contributed by atoms with E-state index in [9.17, 15) is 4.79 Å². The normalized spacial score (nSPS) is 15.1. The van der Waals surface area contributed by atoms with Gasteiger partial charge in [-0.3, -0.25) is 9.69 Å². The van der Waals surface area contributed by atoms with Crippen LogP contribution in [0.15, 0.2) is 48.5 Å². The standard InChI is InChI=1S/C21H27N3OS.2ClH/c1-16-13-17(15-24-9-11-26-12-10-24)7-8-20(16)23-21(25)14-19(22)18-5-3-2-4-6-18;;/h2-8,13,19H,9-12,14-15,22H2,1H3,(H,23,25);2*1H. The van der Waals surface area contributed by atoms with Gasteiger partial charge in [0.25, 0.3) is 0 Å². The number of benzene rings is 2. The molecule has 1 atom stereocenters. The lowest BCUT2D eigenvalue weighted by molar-refractivity contribution is -0.116. The first-order valence-corrected chi connectivity index (χ1v) is 10.3. The molecule has 1 unspecified atom stereocenters. The molecule has 28 heavy (non-hydrogen) atoms. The molecule has 3 rings (SSSR count). The van der Waals surface area contributed by atoms with Crippen LogP contribution >= 0.6 is 36.6 Å². The van der Waals surface area contributed by atoms with Crippen molar-refractivity contribution in [2.75, 3.05) is 29.9 Å². The Hall–Kier alpha value is -1.24. The molecule has 2 aromatic rings. The molecule has 3 N–H and O–H groups in total. The summed E-state index contributed by atoms with van der Waals surface area (Å²) in [5, 5.41) is 3.01. The number of hydrogen-bond acceptors (Lipinski definition) is 4. The van der Waals surface area contributed by atoms with Crippen LogP contribution in [-0.2, 0) is 11.3 Å². The molecule has 1 aliphatic rings. The minimum absolute atomic E-state index is 0. The Morgan fingerprint density at radius 3 is 2.46 bits per heavy atom. The van der Waals surface area contributed by atoms with Gasteiger partial charge in [-0.1, -0.05) is 42.5 Å². The van der Waals surface area contributed by atoms with Crippen molar-refractivity contribution in [3.63, 3.8) is 0 Å². The van der Waals surface area contributed by atoms with Crippen molar-refractivity contribution in [3.05, 3.63) is 65.2 Å². The van der Waals surface area contributed by atoms with Gasteiger partial charge in [-0.2, -0.15) is 11.8 Å². The molecule has 0 saturated carbocycles. The molecular formula is C21H29Cl2N3OS. The van der Waals surface area contributed by atoms with Gasteiger partial charge in [-0.25, -0.2) is 0 Å². The summed E-state index contributed by atoms with van der Waals surface area (Å²) in [5.74, 6) is 2.38. The number of aryl methyl sites for hydroxylation is 1. The SMILES string of the molecule is Cc1cc(CN2CCSCC2)ccc1NC(=O)CC(N)c1ccccc1.Cl.Cl. The van der Waals surface area contributed by atoms with Gasteiger partial charge in [-0.15, -0.1) is 24.8 Å². The predicted octanol–water partition coefficient (Wildman–Crippen LogP) is 4.42. The van der Waals surface area contributed by atoms with Gasteiger partial charge in [-0.05, 0) is 29.7 Å². The fourth-order valence-electron chi connectivity index (χ4n) is 3.20. The second kappa shape index (κ2) is 12.3. The predicted molar refractivity (Wildman–Crippen MR) is 125 cm³/mol. The highest BCUT2D eigenvalue weighted by molar-refractivity contribution is 7.99. The summed E-state index contributed by atoms with van der Waals surface area (Å²) >= 11 is 2.03. The van der Waals surface area contributed by atoms with Crippen LogP contribution in [0.25, 0.3) is 0 Å². The van der Waals surface area contributed by atoms with Crippen molar-refractivity contribution in [1.82, 2.24) is 4.90 Å². The average molecular weight is 442 g/mol. The molecule has 2 aromatic carbocycles. The van der Waals surface area contributed by atoms with Gasteiger partial charge in [0.2, 0.25) is 5.91 Å². The highest BCUT2D eigenvalue weighted by atomic mass is 35.5. The number of amides is 1. The fraction of sp³-hybridized carbons (Fsp3) is 0.381. The Labute approximate surface area is 184 Å². The molecule has 1 aliphatic heterocycles. The summed E-state index contributed by atoms with van der Waals surface area (Å²) in [4.78, 5) is 14.8. The lowest BCUT2D eigenvalue weighted by atomic mass is 10.0. The number of halogens is 2. The molecule has 1 heterocycles. The second-order valence-electron chi connectivity index (χ2n) is 6.81. The highest BCUT2D eigenvalue weighted by Gasteiger charge is 2.14. The van der Waals surface area contributed by atoms with Crippen LogP contribution in [0.4, 0.5) is 5.69 Å². The lowest BCUT2D eigenvalue weighted by Crippen LogP contribution is -2.31.